The zero-order valence-corrected chi connectivity index (χ0v) is 9.66. The first kappa shape index (κ1) is 11.9. The number of benzene rings is 1. The molecule has 0 amide bonds. The van der Waals surface area contributed by atoms with E-state index in [9.17, 15) is 14.9 Å². The van der Waals surface area contributed by atoms with Gasteiger partial charge in [0.2, 0.25) is 5.78 Å². The van der Waals surface area contributed by atoms with E-state index in [2.05, 4.69) is 4.98 Å². The monoisotopic (exact) mass is 242 g/mol. The first-order chi connectivity index (χ1) is 8.58. The van der Waals surface area contributed by atoms with E-state index in [-0.39, 0.29) is 22.7 Å². The first-order valence-electron chi connectivity index (χ1n) is 5.30. The van der Waals surface area contributed by atoms with E-state index in [0.717, 1.165) is 5.56 Å². The largest absolute Gasteiger partial charge is 0.287 e. The van der Waals surface area contributed by atoms with Crippen molar-refractivity contribution in [2.75, 3.05) is 0 Å². The van der Waals surface area contributed by atoms with E-state index in [0.29, 0.717) is 0 Å². The minimum atomic E-state index is -0.528. The highest BCUT2D eigenvalue weighted by molar-refractivity contribution is 6.07. The highest BCUT2D eigenvalue weighted by Crippen LogP contribution is 2.15. The number of rotatable bonds is 3. The molecule has 18 heavy (non-hydrogen) atoms. The summed E-state index contributed by atoms with van der Waals surface area (Å²) in [5.41, 5.74) is 1.39. The summed E-state index contributed by atoms with van der Waals surface area (Å²) in [6, 6.07) is 9.01. The number of nitro groups is 1. The van der Waals surface area contributed by atoms with Gasteiger partial charge in [-0.05, 0) is 18.6 Å². The second kappa shape index (κ2) is 4.75. The number of ketones is 1. The Morgan fingerprint density at radius 1 is 1.28 bits per heavy atom. The van der Waals surface area contributed by atoms with Crippen LogP contribution in [-0.2, 0) is 0 Å². The summed E-state index contributed by atoms with van der Waals surface area (Å²) >= 11 is 0. The normalized spacial score (nSPS) is 10.1. The van der Waals surface area contributed by atoms with Crippen LogP contribution in [0.15, 0.2) is 42.6 Å². The fourth-order valence-corrected chi connectivity index (χ4v) is 1.51. The molecule has 1 aromatic carbocycles. The molecule has 0 atom stereocenters. The SMILES string of the molecule is Cc1ccc(C(=O)c2cccc([N+](=O)[O-])c2)nc1. The number of aryl methyl sites for hydroxylation is 1. The van der Waals surface area contributed by atoms with Crippen molar-refractivity contribution in [3.8, 4) is 0 Å². The van der Waals surface area contributed by atoms with Gasteiger partial charge in [0.15, 0.2) is 0 Å². The molecule has 0 saturated carbocycles. The summed E-state index contributed by atoms with van der Waals surface area (Å²) in [6.07, 6.45) is 1.59. The second-order valence-corrected chi connectivity index (χ2v) is 3.86. The lowest BCUT2D eigenvalue weighted by molar-refractivity contribution is -0.384. The van der Waals surface area contributed by atoms with Crippen LogP contribution in [0.1, 0.15) is 21.6 Å². The zero-order chi connectivity index (χ0) is 13.1. The smallest absolute Gasteiger partial charge is 0.270 e. The van der Waals surface area contributed by atoms with Gasteiger partial charge in [0.25, 0.3) is 5.69 Å². The van der Waals surface area contributed by atoms with E-state index >= 15 is 0 Å². The molecule has 0 aliphatic carbocycles. The van der Waals surface area contributed by atoms with Crippen molar-refractivity contribution < 1.29 is 9.72 Å². The van der Waals surface area contributed by atoms with Gasteiger partial charge < -0.3 is 0 Å². The molecule has 2 rings (SSSR count). The van der Waals surface area contributed by atoms with Crippen molar-refractivity contribution in [1.29, 1.82) is 0 Å². The van der Waals surface area contributed by atoms with Crippen LogP contribution in [0.3, 0.4) is 0 Å². The Balaban J connectivity index is 2.37. The molecular formula is C13H10N2O3. The van der Waals surface area contributed by atoms with Crippen LogP contribution in [0.4, 0.5) is 5.69 Å². The van der Waals surface area contributed by atoms with Gasteiger partial charge in [-0.15, -0.1) is 0 Å². The average molecular weight is 242 g/mol. The average Bonchev–Trinajstić information content (AvgIpc) is 2.39. The van der Waals surface area contributed by atoms with Crippen LogP contribution in [0.25, 0.3) is 0 Å². The van der Waals surface area contributed by atoms with Crippen molar-refractivity contribution >= 4 is 11.5 Å². The molecule has 5 nitrogen and oxygen atoms in total. The summed E-state index contributed by atoms with van der Waals surface area (Å²) in [4.78, 5) is 26.2. The number of carbonyl (C=O) groups excluding carboxylic acids is 1. The van der Waals surface area contributed by atoms with Gasteiger partial charge in [0, 0.05) is 23.9 Å². The molecule has 2 aromatic rings. The maximum Gasteiger partial charge on any atom is 0.270 e. The third-order valence-electron chi connectivity index (χ3n) is 2.46. The summed E-state index contributed by atoms with van der Waals surface area (Å²) < 4.78 is 0. The summed E-state index contributed by atoms with van der Waals surface area (Å²) in [5.74, 6) is -0.321. The maximum atomic E-state index is 12.0. The second-order valence-electron chi connectivity index (χ2n) is 3.86. The number of carbonyl (C=O) groups is 1. The van der Waals surface area contributed by atoms with Gasteiger partial charge in [-0.1, -0.05) is 18.2 Å². The van der Waals surface area contributed by atoms with Crippen LogP contribution in [-0.4, -0.2) is 15.7 Å². The van der Waals surface area contributed by atoms with Gasteiger partial charge in [-0.3, -0.25) is 19.9 Å². The molecule has 0 radical (unpaired) electrons. The molecule has 0 aliphatic rings. The molecule has 0 bridgehead atoms. The Labute approximate surface area is 103 Å². The van der Waals surface area contributed by atoms with Crippen LogP contribution >= 0.6 is 0 Å². The van der Waals surface area contributed by atoms with Crippen molar-refractivity contribution in [3.63, 3.8) is 0 Å². The Bertz CT molecular complexity index is 606. The minimum Gasteiger partial charge on any atom is -0.287 e. The van der Waals surface area contributed by atoms with Crippen molar-refractivity contribution in [1.82, 2.24) is 4.98 Å². The highest BCUT2D eigenvalue weighted by atomic mass is 16.6. The molecule has 0 unspecified atom stereocenters. The predicted octanol–water partition coefficient (Wildman–Crippen LogP) is 2.53. The van der Waals surface area contributed by atoms with E-state index in [1.165, 1.54) is 24.3 Å². The summed E-state index contributed by atoms with van der Waals surface area (Å²) in [6.45, 7) is 1.87. The van der Waals surface area contributed by atoms with Crippen molar-refractivity contribution in [2.45, 2.75) is 6.92 Å². The van der Waals surface area contributed by atoms with Crippen LogP contribution in [0.5, 0.6) is 0 Å². The lowest BCUT2D eigenvalue weighted by Gasteiger charge is -2.00. The quantitative estimate of drug-likeness (QED) is 0.471. The summed E-state index contributed by atoms with van der Waals surface area (Å²) in [7, 11) is 0. The molecule has 90 valence electrons. The third kappa shape index (κ3) is 2.40. The molecule has 0 fully saturated rings. The molecular weight excluding hydrogens is 232 g/mol. The Morgan fingerprint density at radius 2 is 2.06 bits per heavy atom. The number of non-ortho nitro benzene ring substituents is 1. The lowest BCUT2D eigenvalue weighted by Crippen LogP contribution is -2.04. The topological polar surface area (TPSA) is 73.1 Å². The van der Waals surface area contributed by atoms with Gasteiger partial charge in [0.05, 0.1) is 4.92 Å². The molecule has 1 heterocycles. The lowest BCUT2D eigenvalue weighted by atomic mass is 10.1. The number of nitro benzene ring substituents is 1. The van der Waals surface area contributed by atoms with E-state index in [4.69, 9.17) is 0 Å². The molecule has 0 saturated heterocycles. The van der Waals surface area contributed by atoms with Gasteiger partial charge in [0.1, 0.15) is 5.69 Å². The van der Waals surface area contributed by atoms with Gasteiger partial charge in [-0.2, -0.15) is 0 Å². The molecule has 1 aromatic heterocycles. The standard InChI is InChI=1S/C13H10N2O3/c1-9-5-6-12(14-8-9)13(16)10-3-2-4-11(7-10)15(17)18/h2-8H,1H3. The van der Waals surface area contributed by atoms with E-state index in [1.54, 1.807) is 18.3 Å². The van der Waals surface area contributed by atoms with Gasteiger partial charge in [-0.25, -0.2) is 0 Å². The molecule has 0 aliphatic heterocycles. The fraction of sp³-hybridized carbons (Fsp3) is 0.0769. The van der Waals surface area contributed by atoms with Crippen LogP contribution < -0.4 is 0 Å². The number of pyridine rings is 1. The fourth-order valence-electron chi connectivity index (χ4n) is 1.51. The van der Waals surface area contributed by atoms with Crippen molar-refractivity contribution in [2.24, 2.45) is 0 Å². The number of nitrogens with zero attached hydrogens (tertiary/aromatic N) is 2. The maximum absolute atomic E-state index is 12.0. The van der Waals surface area contributed by atoms with E-state index in [1.807, 2.05) is 6.92 Å². The minimum absolute atomic E-state index is 0.104. The van der Waals surface area contributed by atoms with Crippen LogP contribution in [0, 0.1) is 17.0 Å². The third-order valence-corrected chi connectivity index (χ3v) is 2.46. The highest BCUT2D eigenvalue weighted by Gasteiger charge is 2.14. The number of hydrogen-bond donors (Lipinski definition) is 0. The molecule has 5 heteroatoms. The first-order valence-corrected chi connectivity index (χ1v) is 5.30. The number of aromatic nitrogens is 1. The Kier molecular flexibility index (Phi) is 3.14. The van der Waals surface area contributed by atoms with Gasteiger partial charge >= 0.3 is 0 Å². The predicted molar refractivity (Wildman–Crippen MR) is 65.5 cm³/mol. The molecule has 0 spiro atoms. The van der Waals surface area contributed by atoms with Crippen molar-refractivity contribution in [3.05, 3.63) is 69.5 Å². The Morgan fingerprint density at radius 3 is 2.67 bits per heavy atom. The van der Waals surface area contributed by atoms with E-state index < -0.39 is 4.92 Å². The zero-order valence-electron chi connectivity index (χ0n) is 9.66. The van der Waals surface area contributed by atoms with Crippen LogP contribution in [0.2, 0.25) is 0 Å². The molecule has 0 N–H and O–H groups in total. The summed E-state index contributed by atoms with van der Waals surface area (Å²) in [5, 5.41) is 10.6. The number of hydrogen-bond acceptors (Lipinski definition) is 4. The Hall–Kier alpha value is -2.56.